The van der Waals surface area contributed by atoms with Crippen molar-refractivity contribution in [3.8, 4) is 5.75 Å². The standard InChI is InChI=1S/C18H15F3N4O2S/c19-18(20,21)27-14-6-4-12(5-7-14)10-23-16(26)9-13-11-28-17(24-13)25-15-3-1-2-8-22-15/h1-8,11H,9-10H2,(H,23,26)(H,22,24,25). The molecule has 10 heteroatoms. The summed E-state index contributed by atoms with van der Waals surface area (Å²) in [6.45, 7) is 0.189. The third-order valence-corrected chi connectivity index (χ3v) is 4.25. The Kier molecular flexibility index (Phi) is 6.09. The van der Waals surface area contributed by atoms with Crippen molar-refractivity contribution in [2.24, 2.45) is 0 Å². The summed E-state index contributed by atoms with van der Waals surface area (Å²) in [5.41, 5.74) is 1.26. The van der Waals surface area contributed by atoms with E-state index in [1.807, 2.05) is 6.07 Å². The highest BCUT2D eigenvalue weighted by Gasteiger charge is 2.30. The minimum Gasteiger partial charge on any atom is -0.406 e. The van der Waals surface area contributed by atoms with Crippen molar-refractivity contribution in [1.29, 1.82) is 0 Å². The second kappa shape index (κ2) is 8.70. The lowest BCUT2D eigenvalue weighted by molar-refractivity contribution is -0.274. The number of alkyl halides is 3. The summed E-state index contributed by atoms with van der Waals surface area (Å²) in [5, 5.41) is 8.15. The number of pyridine rings is 1. The average Bonchev–Trinajstić information content (AvgIpc) is 3.07. The highest BCUT2D eigenvalue weighted by atomic mass is 32.1. The van der Waals surface area contributed by atoms with E-state index in [1.165, 1.54) is 35.6 Å². The lowest BCUT2D eigenvalue weighted by atomic mass is 10.2. The number of carbonyl (C=O) groups excluding carboxylic acids is 1. The van der Waals surface area contributed by atoms with E-state index in [2.05, 4.69) is 25.3 Å². The molecule has 0 fully saturated rings. The van der Waals surface area contributed by atoms with E-state index in [4.69, 9.17) is 0 Å². The quantitative estimate of drug-likeness (QED) is 0.617. The van der Waals surface area contributed by atoms with Crippen LogP contribution in [0.5, 0.6) is 5.75 Å². The van der Waals surface area contributed by atoms with E-state index in [0.717, 1.165) is 0 Å². The van der Waals surface area contributed by atoms with Gasteiger partial charge in [-0.3, -0.25) is 4.79 Å². The van der Waals surface area contributed by atoms with E-state index in [0.29, 0.717) is 22.2 Å². The molecular formula is C18H15F3N4O2S. The smallest absolute Gasteiger partial charge is 0.406 e. The second-order valence-electron chi connectivity index (χ2n) is 5.63. The van der Waals surface area contributed by atoms with E-state index < -0.39 is 6.36 Å². The molecule has 3 aromatic rings. The summed E-state index contributed by atoms with van der Waals surface area (Å²) in [5.74, 6) is 0.106. The molecule has 28 heavy (non-hydrogen) atoms. The van der Waals surface area contributed by atoms with E-state index in [-0.39, 0.29) is 24.6 Å². The van der Waals surface area contributed by atoms with Crippen molar-refractivity contribution in [3.05, 3.63) is 65.3 Å². The lowest BCUT2D eigenvalue weighted by Gasteiger charge is -2.09. The number of anilines is 2. The van der Waals surface area contributed by atoms with E-state index >= 15 is 0 Å². The number of ether oxygens (including phenoxy) is 1. The number of aromatic nitrogens is 2. The predicted octanol–water partition coefficient (Wildman–Crippen LogP) is 4.04. The van der Waals surface area contributed by atoms with Gasteiger partial charge in [-0.1, -0.05) is 18.2 Å². The fourth-order valence-electron chi connectivity index (χ4n) is 2.23. The van der Waals surface area contributed by atoms with Gasteiger partial charge >= 0.3 is 6.36 Å². The topological polar surface area (TPSA) is 76.1 Å². The molecule has 1 amide bonds. The molecule has 0 spiro atoms. The summed E-state index contributed by atoms with van der Waals surface area (Å²) in [7, 11) is 0. The molecule has 0 unspecified atom stereocenters. The van der Waals surface area contributed by atoms with E-state index in [1.54, 1.807) is 23.7 Å². The second-order valence-corrected chi connectivity index (χ2v) is 6.49. The van der Waals surface area contributed by atoms with Crippen LogP contribution in [0.25, 0.3) is 0 Å². The monoisotopic (exact) mass is 408 g/mol. The van der Waals surface area contributed by atoms with Crippen LogP contribution in [0.4, 0.5) is 24.1 Å². The molecule has 2 heterocycles. The maximum Gasteiger partial charge on any atom is 0.573 e. The molecule has 1 aromatic carbocycles. The lowest BCUT2D eigenvalue weighted by Crippen LogP contribution is -2.24. The maximum absolute atomic E-state index is 12.1. The Balaban J connectivity index is 1.47. The molecule has 2 N–H and O–H groups in total. The van der Waals surface area contributed by atoms with Crippen LogP contribution in [0.1, 0.15) is 11.3 Å². The van der Waals surface area contributed by atoms with Crippen LogP contribution in [0.3, 0.4) is 0 Å². The van der Waals surface area contributed by atoms with Crippen molar-refractivity contribution in [2.45, 2.75) is 19.3 Å². The van der Waals surface area contributed by atoms with Crippen LogP contribution in [0.2, 0.25) is 0 Å². The van der Waals surface area contributed by atoms with Crippen molar-refractivity contribution in [3.63, 3.8) is 0 Å². The van der Waals surface area contributed by atoms with Gasteiger partial charge in [0.15, 0.2) is 5.13 Å². The molecule has 0 saturated carbocycles. The van der Waals surface area contributed by atoms with Gasteiger partial charge in [0, 0.05) is 18.1 Å². The fraction of sp³-hybridized carbons (Fsp3) is 0.167. The number of hydrogen-bond acceptors (Lipinski definition) is 6. The Labute approximate surface area is 162 Å². The molecule has 0 saturated heterocycles. The van der Waals surface area contributed by atoms with Crippen LogP contribution in [-0.2, 0) is 17.8 Å². The van der Waals surface area contributed by atoms with Crippen molar-refractivity contribution in [2.75, 3.05) is 5.32 Å². The third kappa shape index (κ3) is 6.23. The Hall–Kier alpha value is -3.14. The SMILES string of the molecule is O=C(Cc1csc(Nc2ccccn2)n1)NCc1ccc(OC(F)(F)F)cc1. The number of rotatable bonds is 7. The minimum absolute atomic E-state index is 0.0929. The fourth-order valence-corrected chi connectivity index (χ4v) is 2.95. The molecule has 0 atom stereocenters. The number of nitrogens with one attached hydrogen (secondary N) is 2. The molecule has 0 aliphatic rings. The minimum atomic E-state index is -4.73. The summed E-state index contributed by atoms with van der Waals surface area (Å²) < 4.78 is 40.2. The number of nitrogens with zero attached hydrogens (tertiary/aromatic N) is 2. The van der Waals surface area contributed by atoms with Gasteiger partial charge in [0.25, 0.3) is 0 Å². The first-order valence-electron chi connectivity index (χ1n) is 8.11. The van der Waals surface area contributed by atoms with Gasteiger partial charge in [0.1, 0.15) is 11.6 Å². The number of hydrogen-bond donors (Lipinski definition) is 2. The van der Waals surface area contributed by atoms with Gasteiger partial charge in [-0.05, 0) is 29.8 Å². The molecule has 3 rings (SSSR count). The Morgan fingerprint density at radius 2 is 1.93 bits per heavy atom. The summed E-state index contributed by atoms with van der Waals surface area (Å²) in [6.07, 6.45) is -2.98. The van der Waals surface area contributed by atoms with Gasteiger partial charge in [-0.25, -0.2) is 9.97 Å². The van der Waals surface area contributed by atoms with Gasteiger partial charge < -0.3 is 15.4 Å². The number of amides is 1. The number of benzene rings is 1. The number of carbonyl (C=O) groups is 1. The predicted molar refractivity (Wildman–Crippen MR) is 98.3 cm³/mol. The van der Waals surface area contributed by atoms with Crippen LogP contribution < -0.4 is 15.4 Å². The summed E-state index contributed by atoms with van der Waals surface area (Å²) >= 11 is 1.36. The molecule has 0 bridgehead atoms. The first-order chi connectivity index (χ1) is 13.4. The highest BCUT2D eigenvalue weighted by molar-refractivity contribution is 7.13. The largest absolute Gasteiger partial charge is 0.573 e. The first-order valence-corrected chi connectivity index (χ1v) is 8.99. The van der Waals surface area contributed by atoms with Crippen molar-refractivity contribution >= 4 is 28.2 Å². The molecule has 0 radical (unpaired) electrons. The molecule has 0 aliphatic carbocycles. The molecular weight excluding hydrogens is 393 g/mol. The molecule has 2 aromatic heterocycles. The van der Waals surface area contributed by atoms with E-state index in [9.17, 15) is 18.0 Å². The Bertz CT molecular complexity index is 915. The average molecular weight is 408 g/mol. The number of thiazole rings is 1. The van der Waals surface area contributed by atoms with Crippen LogP contribution in [0.15, 0.2) is 54.0 Å². The summed E-state index contributed by atoms with van der Waals surface area (Å²) in [4.78, 5) is 20.5. The van der Waals surface area contributed by atoms with Gasteiger partial charge in [0.05, 0.1) is 12.1 Å². The molecule has 146 valence electrons. The Morgan fingerprint density at radius 1 is 1.14 bits per heavy atom. The highest BCUT2D eigenvalue weighted by Crippen LogP contribution is 2.23. The van der Waals surface area contributed by atoms with Crippen LogP contribution in [0, 0.1) is 0 Å². The van der Waals surface area contributed by atoms with Crippen LogP contribution in [-0.4, -0.2) is 22.2 Å². The van der Waals surface area contributed by atoms with Crippen LogP contribution >= 0.6 is 11.3 Å². The zero-order chi connectivity index (χ0) is 20.0. The summed E-state index contributed by atoms with van der Waals surface area (Å²) in [6, 6.07) is 10.8. The molecule has 6 nitrogen and oxygen atoms in total. The van der Waals surface area contributed by atoms with Crippen molar-refractivity contribution in [1.82, 2.24) is 15.3 Å². The van der Waals surface area contributed by atoms with Gasteiger partial charge in [-0.2, -0.15) is 0 Å². The van der Waals surface area contributed by atoms with Gasteiger partial charge in [0.2, 0.25) is 5.91 Å². The molecule has 0 aliphatic heterocycles. The zero-order valence-corrected chi connectivity index (χ0v) is 15.2. The third-order valence-electron chi connectivity index (χ3n) is 3.44. The zero-order valence-electron chi connectivity index (χ0n) is 14.4. The van der Waals surface area contributed by atoms with Gasteiger partial charge in [-0.15, -0.1) is 24.5 Å². The maximum atomic E-state index is 12.1. The Morgan fingerprint density at radius 3 is 2.61 bits per heavy atom. The normalized spacial score (nSPS) is 11.1. The van der Waals surface area contributed by atoms with Crippen molar-refractivity contribution < 1.29 is 22.7 Å². The number of halogens is 3. The first kappa shape index (κ1) is 19.6.